The van der Waals surface area contributed by atoms with Crippen LogP contribution in [0.1, 0.15) is 10.4 Å². The Bertz CT molecular complexity index is 280. The summed E-state index contributed by atoms with van der Waals surface area (Å²) in [7, 11) is 1.39. The maximum atomic E-state index is 11.1. The van der Waals surface area contributed by atoms with E-state index in [9.17, 15) is 4.79 Å². The van der Waals surface area contributed by atoms with Crippen LogP contribution in [0.3, 0.4) is 0 Å². The fourth-order valence-electron chi connectivity index (χ4n) is 0.717. The van der Waals surface area contributed by atoms with Gasteiger partial charge in [0, 0.05) is 5.56 Å². The largest absolute Gasteiger partial charge is 0.399 e. The summed E-state index contributed by atoms with van der Waals surface area (Å²) >= 11 is 0. The minimum absolute atomic E-state index is 0.211. The van der Waals surface area contributed by atoms with Crippen molar-refractivity contribution in [2.75, 3.05) is 7.11 Å². The highest BCUT2D eigenvalue weighted by atomic mass is 16.6. The van der Waals surface area contributed by atoms with Crippen LogP contribution in [0.2, 0.25) is 0 Å². The number of nitrogens with zero attached hydrogens (tertiary/aromatic N) is 1. The van der Waals surface area contributed by atoms with Crippen LogP contribution in [0.5, 0.6) is 0 Å². The Morgan fingerprint density at radius 1 is 1.67 bits per heavy atom. The normalized spacial score (nSPS) is 10.1. The van der Waals surface area contributed by atoms with Crippen LogP contribution in [-0.4, -0.2) is 19.1 Å². The van der Waals surface area contributed by atoms with Crippen molar-refractivity contribution < 1.29 is 9.63 Å². The van der Waals surface area contributed by atoms with Crippen LogP contribution < -0.4 is 0 Å². The molecule has 0 aliphatic rings. The fourth-order valence-corrected chi connectivity index (χ4v) is 0.717. The van der Waals surface area contributed by atoms with Crippen molar-refractivity contribution in [2.45, 2.75) is 0 Å². The molecule has 0 spiro atoms. The summed E-state index contributed by atoms with van der Waals surface area (Å²) in [6, 6.07) is 9.69. The van der Waals surface area contributed by atoms with Gasteiger partial charge in [0.15, 0.2) is 0 Å². The SMILES string of the molecule is CON=CC(=O)c1[c]cccc1. The van der Waals surface area contributed by atoms with Gasteiger partial charge in [0.05, 0.1) is 0 Å². The van der Waals surface area contributed by atoms with E-state index in [1.54, 1.807) is 24.3 Å². The number of hydrogen-bond acceptors (Lipinski definition) is 3. The fraction of sp³-hybridized carbons (Fsp3) is 0.111. The van der Waals surface area contributed by atoms with Gasteiger partial charge in [0.2, 0.25) is 5.78 Å². The third-order valence-electron chi connectivity index (χ3n) is 1.25. The lowest BCUT2D eigenvalue weighted by atomic mass is 10.1. The minimum Gasteiger partial charge on any atom is -0.399 e. The van der Waals surface area contributed by atoms with Crippen molar-refractivity contribution in [3.63, 3.8) is 0 Å². The standard InChI is InChI=1S/C9H8NO2/c1-12-10-7-9(11)8-5-3-2-4-6-8/h2-5,7H,1H3. The zero-order valence-electron chi connectivity index (χ0n) is 6.65. The van der Waals surface area contributed by atoms with E-state index >= 15 is 0 Å². The monoisotopic (exact) mass is 162 g/mol. The van der Waals surface area contributed by atoms with Gasteiger partial charge in [-0.1, -0.05) is 29.4 Å². The van der Waals surface area contributed by atoms with Gasteiger partial charge in [-0.25, -0.2) is 0 Å². The molecule has 1 rings (SSSR count). The predicted octanol–water partition coefficient (Wildman–Crippen LogP) is 1.30. The van der Waals surface area contributed by atoms with Crippen molar-refractivity contribution >= 4 is 12.0 Å². The van der Waals surface area contributed by atoms with Crippen LogP contribution in [0.4, 0.5) is 0 Å². The van der Waals surface area contributed by atoms with E-state index in [1.165, 1.54) is 7.11 Å². The van der Waals surface area contributed by atoms with Gasteiger partial charge in [-0.05, 0) is 6.07 Å². The smallest absolute Gasteiger partial charge is 0.207 e. The molecule has 0 aliphatic carbocycles. The quantitative estimate of drug-likeness (QED) is 0.381. The molecular weight excluding hydrogens is 154 g/mol. The third-order valence-corrected chi connectivity index (χ3v) is 1.25. The van der Waals surface area contributed by atoms with Gasteiger partial charge >= 0.3 is 0 Å². The molecule has 61 valence electrons. The molecule has 0 saturated heterocycles. The number of hydrogen-bond donors (Lipinski definition) is 0. The van der Waals surface area contributed by atoms with Crippen molar-refractivity contribution in [1.29, 1.82) is 0 Å². The van der Waals surface area contributed by atoms with E-state index in [4.69, 9.17) is 0 Å². The predicted molar refractivity (Wildman–Crippen MR) is 45.1 cm³/mol. The molecule has 1 aromatic carbocycles. The highest BCUT2D eigenvalue weighted by Crippen LogP contribution is 1.96. The van der Waals surface area contributed by atoms with Gasteiger partial charge in [-0.15, -0.1) is 0 Å². The molecule has 12 heavy (non-hydrogen) atoms. The summed E-state index contributed by atoms with van der Waals surface area (Å²) in [4.78, 5) is 15.5. The number of carbonyl (C=O) groups is 1. The third kappa shape index (κ3) is 2.20. The first-order chi connectivity index (χ1) is 5.84. The summed E-state index contributed by atoms with van der Waals surface area (Å²) in [5.74, 6) is -0.211. The Kier molecular flexibility index (Phi) is 3.02. The Hall–Kier alpha value is -1.64. The van der Waals surface area contributed by atoms with Crippen LogP contribution in [-0.2, 0) is 4.84 Å². The number of oxime groups is 1. The highest BCUT2D eigenvalue weighted by molar-refractivity contribution is 6.35. The van der Waals surface area contributed by atoms with Crippen molar-refractivity contribution in [1.82, 2.24) is 0 Å². The lowest BCUT2D eigenvalue weighted by molar-refractivity contribution is 0.106. The Labute approximate surface area is 70.7 Å². The van der Waals surface area contributed by atoms with Crippen LogP contribution >= 0.6 is 0 Å². The van der Waals surface area contributed by atoms with Crippen molar-refractivity contribution in [3.05, 3.63) is 35.9 Å². The Morgan fingerprint density at radius 2 is 2.50 bits per heavy atom. The first-order valence-electron chi connectivity index (χ1n) is 3.42. The topological polar surface area (TPSA) is 38.7 Å². The Balaban J connectivity index is 2.72. The second kappa shape index (κ2) is 4.28. The molecule has 1 aromatic rings. The minimum atomic E-state index is -0.211. The highest BCUT2D eigenvalue weighted by Gasteiger charge is 1.99. The molecule has 0 bridgehead atoms. The first-order valence-corrected chi connectivity index (χ1v) is 3.42. The molecular formula is C9H8NO2. The average Bonchev–Trinajstić information content (AvgIpc) is 2.15. The van der Waals surface area contributed by atoms with Gasteiger partial charge in [-0.3, -0.25) is 4.79 Å². The van der Waals surface area contributed by atoms with Crippen LogP contribution in [0.25, 0.3) is 0 Å². The molecule has 0 N–H and O–H groups in total. The Morgan fingerprint density at radius 3 is 3.08 bits per heavy atom. The van der Waals surface area contributed by atoms with E-state index < -0.39 is 0 Å². The van der Waals surface area contributed by atoms with E-state index in [-0.39, 0.29) is 5.78 Å². The van der Waals surface area contributed by atoms with Crippen molar-refractivity contribution in [3.8, 4) is 0 Å². The molecule has 0 aliphatic heterocycles. The first kappa shape index (κ1) is 8.46. The van der Waals surface area contributed by atoms with Gasteiger partial charge in [-0.2, -0.15) is 0 Å². The lowest BCUT2D eigenvalue weighted by Crippen LogP contribution is -1.99. The molecule has 0 saturated carbocycles. The molecule has 1 radical (unpaired) electrons. The van der Waals surface area contributed by atoms with E-state index in [0.717, 1.165) is 6.21 Å². The number of rotatable bonds is 3. The van der Waals surface area contributed by atoms with Crippen LogP contribution in [0.15, 0.2) is 29.4 Å². The van der Waals surface area contributed by atoms with E-state index in [0.29, 0.717) is 5.56 Å². The molecule has 3 nitrogen and oxygen atoms in total. The van der Waals surface area contributed by atoms with Gasteiger partial charge in [0.1, 0.15) is 13.3 Å². The van der Waals surface area contributed by atoms with Gasteiger partial charge in [0.25, 0.3) is 0 Å². The number of benzene rings is 1. The number of carbonyl (C=O) groups excluding carboxylic acids is 1. The van der Waals surface area contributed by atoms with E-state index in [1.807, 2.05) is 0 Å². The summed E-state index contributed by atoms with van der Waals surface area (Å²) in [6.45, 7) is 0. The summed E-state index contributed by atoms with van der Waals surface area (Å²) in [5.41, 5.74) is 0.485. The molecule has 0 atom stereocenters. The van der Waals surface area contributed by atoms with Crippen LogP contribution in [0, 0.1) is 6.07 Å². The van der Waals surface area contributed by atoms with E-state index in [2.05, 4.69) is 16.1 Å². The second-order valence-corrected chi connectivity index (χ2v) is 2.06. The zero-order valence-corrected chi connectivity index (χ0v) is 6.65. The maximum absolute atomic E-state index is 11.1. The van der Waals surface area contributed by atoms with Gasteiger partial charge < -0.3 is 4.84 Å². The zero-order chi connectivity index (χ0) is 8.81. The summed E-state index contributed by atoms with van der Waals surface area (Å²) < 4.78 is 0. The summed E-state index contributed by atoms with van der Waals surface area (Å²) in [5, 5.41) is 3.35. The molecule has 0 amide bonds. The lowest BCUT2D eigenvalue weighted by Gasteiger charge is -1.91. The number of Topliss-reactive ketones (excluding diaryl/α,β-unsaturated/α-hetero) is 1. The maximum Gasteiger partial charge on any atom is 0.207 e. The molecule has 3 heteroatoms. The molecule has 0 heterocycles. The molecule has 0 aromatic heterocycles. The molecule has 0 unspecified atom stereocenters. The average molecular weight is 162 g/mol. The molecule has 0 fully saturated rings. The second-order valence-electron chi connectivity index (χ2n) is 2.06. The summed E-state index contributed by atoms with van der Waals surface area (Å²) in [6.07, 6.45) is 1.12. The van der Waals surface area contributed by atoms with Crippen molar-refractivity contribution in [2.24, 2.45) is 5.16 Å². The number of ketones is 1.